The van der Waals surface area contributed by atoms with Crippen molar-refractivity contribution in [3.05, 3.63) is 130 Å². The van der Waals surface area contributed by atoms with E-state index in [0.717, 1.165) is 23.3 Å². The van der Waals surface area contributed by atoms with Crippen molar-refractivity contribution in [1.29, 1.82) is 0 Å². The molecular weight excluding hydrogens is 588 g/mol. The van der Waals surface area contributed by atoms with Crippen molar-refractivity contribution in [2.24, 2.45) is 0 Å². The molecule has 2 aromatic heterocycles. The van der Waals surface area contributed by atoms with Gasteiger partial charge in [0, 0.05) is 23.4 Å². The maximum atomic E-state index is 13.5. The predicted molar refractivity (Wildman–Crippen MR) is 170 cm³/mol. The molecule has 5 aromatic rings. The number of hydrogen-bond donors (Lipinski definition) is 6. The maximum absolute atomic E-state index is 13.5. The van der Waals surface area contributed by atoms with Gasteiger partial charge >= 0.3 is 0 Å². The van der Waals surface area contributed by atoms with Crippen LogP contribution in [0.1, 0.15) is 46.0 Å². The fourth-order valence-electron chi connectivity index (χ4n) is 4.84. The molecule has 6 N–H and O–H groups in total. The summed E-state index contributed by atoms with van der Waals surface area (Å²) in [5.74, 6) is -1.85. The second-order valence-corrected chi connectivity index (χ2v) is 11.1. The standard InChI is InChI=1S/C33H32N8O5/c1-33(2,22-13-7-4-8-14-22)37-31(45)27-19-24(42)18-26(35-27)30(44)36-25(16-20-10-5-3-6-11-20)28(43)32(46)34-23-15-9-12-21(17-23)29-38-40-41-39-29/h3-15,17-19,25,28,43H,16H2,1-2H3,(H,34,46)(H,35,42)(H,36,44)(H,37,45)(H,38,39,40,41)/t25?,28-/m0/s1. The van der Waals surface area contributed by atoms with E-state index in [1.807, 2.05) is 50.2 Å². The molecule has 2 atom stereocenters. The summed E-state index contributed by atoms with van der Waals surface area (Å²) < 4.78 is 0. The third-order valence-corrected chi connectivity index (χ3v) is 7.25. The second kappa shape index (κ2) is 13.8. The van der Waals surface area contributed by atoms with Gasteiger partial charge in [0.2, 0.25) is 5.82 Å². The van der Waals surface area contributed by atoms with Gasteiger partial charge in [-0.05, 0) is 48.7 Å². The number of aromatic nitrogens is 5. The van der Waals surface area contributed by atoms with Gasteiger partial charge < -0.3 is 26.0 Å². The number of anilines is 1. The Morgan fingerprint density at radius 2 is 1.54 bits per heavy atom. The van der Waals surface area contributed by atoms with E-state index < -0.39 is 40.8 Å². The lowest BCUT2D eigenvalue weighted by atomic mass is 9.94. The number of benzene rings is 3. The average Bonchev–Trinajstić information content (AvgIpc) is 3.60. The Hall–Kier alpha value is -5.95. The molecule has 0 aliphatic heterocycles. The Morgan fingerprint density at radius 3 is 2.22 bits per heavy atom. The second-order valence-electron chi connectivity index (χ2n) is 11.1. The number of nitrogens with one attached hydrogen (secondary N) is 5. The molecule has 5 rings (SSSR count). The molecule has 0 saturated carbocycles. The van der Waals surface area contributed by atoms with E-state index in [9.17, 15) is 24.3 Å². The van der Waals surface area contributed by atoms with Crippen LogP contribution in [0.15, 0.2) is 102 Å². The molecule has 2 heterocycles. The number of pyridine rings is 1. The Bertz CT molecular complexity index is 1880. The highest BCUT2D eigenvalue weighted by Gasteiger charge is 2.30. The van der Waals surface area contributed by atoms with Gasteiger partial charge in [0.25, 0.3) is 17.7 Å². The molecule has 0 saturated heterocycles. The molecule has 0 spiro atoms. The van der Waals surface area contributed by atoms with Gasteiger partial charge in [-0.15, -0.1) is 10.2 Å². The first-order valence-corrected chi connectivity index (χ1v) is 14.4. The monoisotopic (exact) mass is 620 g/mol. The maximum Gasteiger partial charge on any atom is 0.268 e. The molecule has 0 bridgehead atoms. The number of aliphatic hydroxyl groups is 1. The molecule has 3 aromatic carbocycles. The molecule has 13 heteroatoms. The van der Waals surface area contributed by atoms with Gasteiger partial charge in [-0.25, -0.2) is 0 Å². The SMILES string of the molecule is CC(C)(NC(=O)c1cc(=O)cc(C(=O)NC(Cc2ccccc2)[C@H](O)C(=O)Nc2cccc(-c3nn[nH]n3)c2)[nH]1)c1ccccc1. The van der Waals surface area contributed by atoms with Crippen LogP contribution in [0.3, 0.4) is 0 Å². The minimum Gasteiger partial charge on any atom is -0.381 e. The van der Waals surface area contributed by atoms with Crippen LogP contribution in [0.2, 0.25) is 0 Å². The smallest absolute Gasteiger partial charge is 0.268 e. The van der Waals surface area contributed by atoms with Crippen molar-refractivity contribution in [3.8, 4) is 11.4 Å². The quantitative estimate of drug-likeness (QED) is 0.130. The number of carbonyl (C=O) groups is 3. The highest BCUT2D eigenvalue weighted by Crippen LogP contribution is 2.21. The summed E-state index contributed by atoms with van der Waals surface area (Å²) in [4.78, 5) is 55.2. The predicted octanol–water partition coefficient (Wildman–Crippen LogP) is 2.56. The Labute approximate surface area is 263 Å². The molecular formula is C33H32N8O5. The lowest BCUT2D eigenvalue weighted by Gasteiger charge is -2.27. The molecule has 0 radical (unpaired) electrons. The molecule has 0 aliphatic rings. The number of rotatable bonds is 11. The third kappa shape index (κ3) is 7.76. The average molecular weight is 621 g/mol. The van der Waals surface area contributed by atoms with Crippen molar-refractivity contribution in [1.82, 2.24) is 36.2 Å². The van der Waals surface area contributed by atoms with Gasteiger partial charge in [-0.1, -0.05) is 72.8 Å². The van der Waals surface area contributed by atoms with Crippen molar-refractivity contribution in [2.75, 3.05) is 5.32 Å². The molecule has 0 aliphatic carbocycles. The highest BCUT2D eigenvalue weighted by molar-refractivity contribution is 5.98. The molecule has 234 valence electrons. The zero-order valence-corrected chi connectivity index (χ0v) is 25.0. The van der Waals surface area contributed by atoms with E-state index in [4.69, 9.17) is 0 Å². The van der Waals surface area contributed by atoms with Crippen LogP contribution in [-0.2, 0) is 16.8 Å². The number of amides is 3. The van der Waals surface area contributed by atoms with E-state index in [-0.39, 0.29) is 17.8 Å². The first kappa shape index (κ1) is 31.5. The van der Waals surface area contributed by atoms with Crippen LogP contribution in [-0.4, -0.2) is 60.6 Å². The molecule has 3 amide bonds. The minimum atomic E-state index is -1.71. The normalized spacial score (nSPS) is 12.5. The Balaban J connectivity index is 1.35. The first-order valence-electron chi connectivity index (χ1n) is 14.4. The topological polar surface area (TPSA) is 195 Å². The largest absolute Gasteiger partial charge is 0.381 e. The van der Waals surface area contributed by atoms with Crippen LogP contribution >= 0.6 is 0 Å². The summed E-state index contributed by atoms with van der Waals surface area (Å²) in [6.07, 6.45) is -1.62. The van der Waals surface area contributed by atoms with E-state index in [0.29, 0.717) is 17.1 Å². The number of hydrogen-bond acceptors (Lipinski definition) is 8. The lowest BCUT2D eigenvalue weighted by Crippen LogP contribution is -2.50. The van der Waals surface area contributed by atoms with Gasteiger partial charge in [-0.3, -0.25) is 19.2 Å². The highest BCUT2D eigenvalue weighted by atomic mass is 16.3. The third-order valence-electron chi connectivity index (χ3n) is 7.25. The number of carbonyl (C=O) groups excluding carboxylic acids is 3. The van der Waals surface area contributed by atoms with Crippen molar-refractivity contribution >= 4 is 23.4 Å². The minimum absolute atomic E-state index is 0.0831. The van der Waals surface area contributed by atoms with Gasteiger partial charge in [0.05, 0.1) is 11.6 Å². The van der Waals surface area contributed by atoms with Crippen LogP contribution in [0.4, 0.5) is 5.69 Å². The number of H-pyrrole nitrogens is 2. The molecule has 0 fully saturated rings. The summed E-state index contributed by atoms with van der Waals surface area (Å²) in [6, 6.07) is 26.0. The summed E-state index contributed by atoms with van der Waals surface area (Å²) >= 11 is 0. The number of aromatic amines is 2. The summed E-state index contributed by atoms with van der Waals surface area (Å²) in [5, 5.41) is 33.1. The summed E-state index contributed by atoms with van der Waals surface area (Å²) in [6.45, 7) is 3.63. The number of nitrogens with zero attached hydrogens (tertiary/aromatic N) is 3. The molecule has 1 unspecified atom stereocenters. The van der Waals surface area contributed by atoms with Crippen molar-refractivity contribution in [3.63, 3.8) is 0 Å². The van der Waals surface area contributed by atoms with E-state index >= 15 is 0 Å². The van der Waals surface area contributed by atoms with Gasteiger partial charge in [0.1, 0.15) is 11.4 Å². The zero-order valence-electron chi connectivity index (χ0n) is 25.0. The fourth-order valence-corrected chi connectivity index (χ4v) is 4.84. The number of aliphatic hydroxyl groups excluding tert-OH is 1. The summed E-state index contributed by atoms with van der Waals surface area (Å²) in [5.41, 5.74) is 0.825. The lowest BCUT2D eigenvalue weighted by molar-refractivity contribution is -0.125. The van der Waals surface area contributed by atoms with Crippen LogP contribution in [0, 0.1) is 0 Å². The van der Waals surface area contributed by atoms with Gasteiger partial charge in [-0.2, -0.15) is 5.21 Å². The van der Waals surface area contributed by atoms with Crippen LogP contribution < -0.4 is 21.4 Å². The number of tetrazole rings is 1. The van der Waals surface area contributed by atoms with Crippen LogP contribution in [0.25, 0.3) is 11.4 Å². The van der Waals surface area contributed by atoms with Crippen molar-refractivity contribution < 1.29 is 19.5 Å². The van der Waals surface area contributed by atoms with Gasteiger partial charge in [0.15, 0.2) is 11.5 Å². The fraction of sp³-hybridized carbons (Fsp3) is 0.182. The Morgan fingerprint density at radius 1 is 0.870 bits per heavy atom. The first-order chi connectivity index (χ1) is 22.1. The molecule has 46 heavy (non-hydrogen) atoms. The Kier molecular flexibility index (Phi) is 9.43. The van der Waals surface area contributed by atoms with E-state index in [2.05, 4.69) is 41.6 Å². The van der Waals surface area contributed by atoms with E-state index in [1.54, 1.807) is 48.5 Å². The van der Waals surface area contributed by atoms with E-state index in [1.165, 1.54) is 0 Å². The summed E-state index contributed by atoms with van der Waals surface area (Å²) in [7, 11) is 0. The zero-order chi connectivity index (χ0) is 32.7. The van der Waals surface area contributed by atoms with Crippen molar-refractivity contribution in [2.45, 2.75) is 38.0 Å². The van der Waals surface area contributed by atoms with Crippen LogP contribution in [0.5, 0.6) is 0 Å². The molecule has 13 nitrogen and oxygen atoms in total.